The maximum absolute atomic E-state index is 10.4. The predicted molar refractivity (Wildman–Crippen MR) is 66.1 cm³/mol. The molecule has 1 unspecified atom stereocenters. The standard InChI is InChI=1S/C12H21N3O/c1-8(2)15-7-12(4,16)10-9(3)5-6-14-11(10)13/h5-6,8,15-16H,7H2,1-4H3,(H2,13,14). The molecule has 4 N–H and O–H groups in total. The first-order valence-electron chi connectivity index (χ1n) is 5.52. The van der Waals surface area contributed by atoms with E-state index in [-0.39, 0.29) is 0 Å². The van der Waals surface area contributed by atoms with E-state index in [1.165, 1.54) is 0 Å². The van der Waals surface area contributed by atoms with Crippen LogP contribution in [0, 0.1) is 6.92 Å². The zero-order valence-electron chi connectivity index (χ0n) is 10.4. The SMILES string of the molecule is Cc1ccnc(N)c1C(C)(O)CNC(C)C. The molecule has 0 aliphatic heterocycles. The van der Waals surface area contributed by atoms with Crippen molar-refractivity contribution in [3.63, 3.8) is 0 Å². The van der Waals surface area contributed by atoms with E-state index in [1.807, 2.05) is 26.8 Å². The van der Waals surface area contributed by atoms with E-state index >= 15 is 0 Å². The number of rotatable bonds is 4. The summed E-state index contributed by atoms with van der Waals surface area (Å²) < 4.78 is 0. The van der Waals surface area contributed by atoms with Gasteiger partial charge >= 0.3 is 0 Å². The van der Waals surface area contributed by atoms with E-state index in [4.69, 9.17) is 5.73 Å². The van der Waals surface area contributed by atoms with Crippen LogP contribution in [0.3, 0.4) is 0 Å². The number of anilines is 1. The Morgan fingerprint density at radius 2 is 2.19 bits per heavy atom. The van der Waals surface area contributed by atoms with Crippen molar-refractivity contribution >= 4 is 5.82 Å². The molecule has 0 aliphatic carbocycles. The third-order valence-corrected chi connectivity index (χ3v) is 2.58. The fourth-order valence-corrected chi connectivity index (χ4v) is 1.77. The number of nitrogens with two attached hydrogens (primary N) is 1. The lowest BCUT2D eigenvalue weighted by molar-refractivity contribution is 0.0548. The third-order valence-electron chi connectivity index (χ3n) is 2.58. The largest absolute Gasteiger partial charge is 0.384 e. The minimum absolute atomic E-state index is 0.324. The molecule has 0 aliphatic rings. The van der Waals surface area contributed by atoms with E-state index in [0.29, 0.717) is 24.0 Å². The first kappa shape index (κ1) is 12.9. The summed E-state index contributed by atoms with van der Waals surface area (Å²) in [7, 11) is 0. The topological polar surface area (TPSA) is 71.2 Å². The monoisotopic (exact) mass is 223 g/mol. The van der Waals surface area contributed by atoms with Crippen LogP contribution in [0.25, 0.3) is 0 Å². The Morgan fingerprint density at radius 1 is 1.56 bits per heavy atom. The average Bonchev–Trinajstić information content (AvgIpc) is 2.14. The fraction of sp³-hybridized carbons (Fsp3) is 0.583. The number of aliphatic hydroxyl groups is 1. The molecule has 0 spiro atoms. The van der Waals surface area contributed by atoms with Crippen molar-refractivity contribution in [1.29, 1.82) is 0 Å². The van der Waals surface area contributed by atoms with E-state index in [1.54, 1.807) is 13.1 Å². The summed E-state index contributed by atoms with van der Waals surface area (Å²) in [6.45, 7) is 8.21. The second-order valence-corrected chi connectivity index (χ2v) is 4.70. The van der Waals surface area contributed by atoms with Gasteiger partial charge in [-0.3, -0.25) is 0 Å². The van der Waals surface area contributed by atoms with Crippen LogP contribution in [0.1, 0.15) is 31.9 Å². The molecule has 16 heavy (non-hydrogen) atoms. The van der Waals surface area contributed by atoms with E-state index in [0.717, 1.165) is 5.56 Å². The van der Waals surface area contributed by atoms with Crippen molar-refractivity contribution in [2.75, 3.05) is 12.3 Å². The van der Waals surface area contributed by atoms with Crippen molar-refractivity contribution in [3.8, 4) is 0 Å². The number of aromatic nitrogens is 1. The smallest absolute Gasteiger partial charge is 0.129 e. The van der Waals surface area contributed by atoms with Gasteiger partial charge in [-0.25, -0.2) is 4.98 Å². The van der Waals surface area contributed by atoms with Crippen LogP contribution < -0.4 is 11.1 Å². The van der Waals surface area contributed by atoms with Crippen LogP contribution in [0.2, 0.25) is 0 Å². The average molecular weight is 223 g/mol. The molecule has 0 radical (unpaired) electrons. The van der Waals surface area contributed by atoms with Crippen molar-refractivity contribution in [3.05, 3.63) is 23.4 Å². The van der Waals surface area contributed by atoms with Crippen LogP contribution in [0.4, 0.5) is 5.82 Å². The molecule has 1 aromatic heterocycles. The Hall–Kier alpha value is -1.13. The number of aryl methyl sites for hydroxylation is 1. The normalized spacial score (nSPS) is 15.1. The minimum Gasteiger partial charge on any atom is -0.384 e. The molecule has 0 aromatic carbocycles. The van der Waals surface area contributed by atoms with Gasteiger partial charge in [0.05, 0.1) is 0 Å². The number of nitrogen functional groups attached to an aromatic ring is 1. The van der Waals surface area contributed by atoms with Crippen LogP contribution in [0.15, 0.2) is 12.3 Å². The lowest BCUT2D eigenvalue weighted by atomic mass is 9.92. The quantitative estimate of drug-likeness (QED) is 0.716. The molecule has 0 saturated carbocycles. The van der Waals surface area contributed by atoms with Crippen molar-refractivity contribution in [2.45, 2.75) is 39.3 Å². The first-order chi connectivity index (χ1) is 7.34. The third kappa shape index (κ3) is 2.93. The number of nitrogens with one attached hydrogen (secondary N) is 1. The molecule has 1 heterocycles. The molecule has 1 rings (SSSR count). The summed E-state index contributed by atoms with van der Waals surface area (Å²) in [6.07, 6.45) is 1.65. The van der Waals surface area contributed by atoms with Crippen LogP contribution in [-0.4, -0.2) is 22.7 Å². The summed E-state index contributed by atoms with van der Waals surface area (Å²) >= 11 is 0. The maximum atomic E-state index is 10.4. The van der Waals surface area contributed by atoms with Gasteiger partial charge in [0.1, 0.15) is 11.4 Å². The second kappa shape index (κ2) is 4.80. The Kier molecular flexibility index (Phi) is 3.88. The molecule has 0 fully saturated rings. The zero-order chi connectivity index (χ0) is 12.3. The molecule has 1 atom stereocenters. The van der Waals surface area contributed by atoms with Gasteiger partial charge in [-0.1, -0.05) is 13.8 Å². The van der Waals surface area contributed by atoms with Crippen molar-refractivity contribution in [2.24, 2.45) is 0 Å². The molecule has 1 aromatic rings. The highest BCUT2D eigenvalue weighted by atomic mass is 16.3. The lowest BCUT2D eigenvalue weighted by Gasteiger charge is -2.27. The lowest BCUT2D eigenvalue weighted by Crippen LogP contribution is -2.39. The van der Waals surface area contributed by atoms with Gasteiger partial charge in [0.2, 0.25) is 0 Å². The molecule has 4 nitrogen and oxygen atoms in total. The summed E-state index contributed by atoms with van der Waals surface area (Å²) in [5, 5.41) is 13.6. The minimum atomic E-state index is -0.993. The summed E-state index contributed by atoms with van der Waals surface area (Å²) in [6, 6.07) is 2.18. The van der Waals surface area contributed by atoms with Gasteiger partial charge in [-0.15, -0.1) is 0 Å². The summed E-state index contributed by atoms with van der Waals surface area (Å²) in [4.78, 5) is 4.02. The summed E-state index contributed by atoms with van der Waals surface area (Å²) in [5.74, 6) is 0.399. The molecule has 90 valence electrons. The Balaban J connectivity index is 2.97. The van der Waals surface area contributed by atoms with Crippen molar-refractivity contribution in [1.82, 2.24) is 10.3 Å². The predicted octanol–water partition coefficient (Wildman–Crippen LogP) is 1.18. The van der Waals surface area contributed by atoms with Crippen LogP contribution >= 0.6 is 0 Å². The molecule has 4 heteroatoms. The van der Waals surface area contributed by atoms with Crippen molar-refractivity contribution < 1.29 is 5.11 Å². The summed E-state index contributed by atoms with van der Waals surface area (Å²) in [5.41, 5.74) is 6.49. The molecule has 0 saturated heterocycles. The van der Waals surface area contributed by atoms with E-state index in [2.05, 4.69) is 10.3 Å². The Labute approximate surface area is 96.9 Å². The van der Waals surface area contributed by atoms with Gasteiger partial charge in [-0.05, 0) is 25.5 Å². The van der Waals surface area contributed by atoms with Gasteiger partial charge in [0.25, 0.3) is 0 Å². The zero-order valence-corrected chi connectivity index (χ0v) is 10.4. The highest BCUT2D eigenvalue weighted by Crippen LogP contribution is 2.27. The van der Waals surface area contributed by atoms with Gasteiger partial charge in [0, 0.05) is 24.3 Å². The molecule has 0 amide bonds. The number of hydrogen-bond acceptors (Lipinski definition) is 4. The van der Waals surface area contributed by atoms with E-state index < -0.39 is 5.60 Å². The number of pyridine rings is 1. The van der Waals surface area contributed by atoms with Crippen LogP contribution in [0.5, 0.6) is 0 Å². The highest BCUT2D eigenvalue weighted by molar-refractivity contribution is 5.47. The molecular formula is C12H21N3O. The van der Waals surface area contributed by atoms with Gasteiger partial charge in [0.15, 0.2) is 0 Å². The maximum Gasteiger partial charge on any atom is 0.129 e. The Bertz CT molecular complexity index is 341. The van der Waals surface area contributed by atoms with E-state index in [9.17, 15) is 5.11 Å². The molecular weight excluding hydrogens is 202 g/mol. The molecule has 0 bridgehead atoms. The number of nitrogens with zero attached hydrogens (tertiary/aromatic N) is 1. The Morgan fingerprint density at radius 3 is 2.69 bits per heavy atom. The highest BCUT2D eigenvalue weighted by Gasteiger charge is 2.27. The second-order valence-electron chi connectivity index (χ2n) is 4.70. The fourth-order valence-electron chi connectivity index (χ4n) is 1.77. The van der Waals surface area contributed by atoms with Gasteiger partial charge in [-0.2, -0.15) is 0 Å². The van der Waals surface area contributed by atoms with Crippen LogP contribution in [-0.2, 0) is 5.60 Å². The van der Waals surface area contributed by atoms with Gasteiger partial charge < -0.3 is 16.2 Å². The first-order valence-corrected chi connectivity index (χ1v) is 5.52. The number of hydrogen-bond donors (Lipinski definition) is 3.